The van der Waals surface area contributed by atoms with Crippen molar-refractivity contribution >= 4 is 11.8 Å². The first-order chi connectivity index (χ1) is 10.2. The summed E-state index contributed by atoms with van der Waals surface area (Å²) >= 11 is 0. The number of anilines is 1. The van der Waals surface area contributed by atoms with Crippen LogP contribution in [0.25, 0.3) is 11.3 Å². The highest BCUT2D eigenvalue weighted by Crippen LogP contribution is 2.30. The second kappa shape index (κ2) is 6.12. The Bertz CT molecular complexity index is 613. The Balaban J connectivity index is 1.69. The number of carbonyl (C=O) groups excluding carboxylic acids is 1. The highest BCUT2D eigenvalue weighted by atomic mass is 16.5. The molecule has 110 valence electrons. The SMILES string of the molecule is Cc1c(-c2ccccc2)noc1NC(=O)CC1CCCC1. The molecule has 1 aromatic heterocycles. The van der Waals surface area contributed by atoms with E-state index < -0.39 is 0 Å². The van der Waals surface area contributed by atoms with Gasteiger partial charge in [-0.25, -0.2) is 0 Å². The Hall–Kier alpha value is -2.10. The smallest absolute Gasteiger partial charge is 0.234 e. The van der Waals surface area contributed by atoms with Gasteiger partial charge in [-0.3, -0.25) is 10.1 Å². The van der Waals surface area contributed by atoms with E-state index in [0.29, 0.717) is 18.2 Å². The number of hydrogen-bond donors (Lipinski definition) is 1. The van der Waals surface area contributed by atoms with Crippen molar-refractivity contribution < 1.29 is 9.32 Å². The predicted octanol–water partition coefficient (Wildman–Crippen LogP) is 4.17. The fourth-order valence-electron chi connectivity index (χ4n) is 2.97. The lowest BCUT2D eigenvalue weighted by atomic mass is 10.0. The topological polar surface area (TPSA) is 55.1 Å². The average molecular weight is 284 g/mol. The number of hydrogen-bond acceptors (Lipinski definition) is 3. The minimum absolute atomic E-state index is 0.0285. The standard InChI is InChI=1S/C17H20N2O2/c1-12-16(14-9-3-2-4-10-14)19-21-17(12)18-15(20)11-13-7-5-6-8-13/h2-4,9-10,13H,5-8,11H2,1H3,(H,18,20). The molecule has 1 N–H and O–H groups in total. The summed E-state index contributed by atoms with van der Waals surface area (Å²) in [5, 5.41) is 6.94. The van der Waals surface area contributed by atoms with Crippen LogP contribution in [0, 0.1) is 12.8 Å². The molecule has 0 saturated heterocycles. The van der Waals surface area contributed by atoms with Crippen molar-refractivity contribution in [3.8, 4) is 11.3 Å². The van der Waals surface area contributed by atoms with Crippen molar-refractivity contribution in [2.24, 2.45) is 5.92 Å². The van der Waals surface area contributed by atoms with E-state index in [-0.39, 0.29) is 5.91 Å². The molecule has 1 amide bonds. The van der Waals surface area contributed by atoms with Gasteiger partial charge in [-0.05, 0) is 25.7 Å². The molecule has 4 heteroatoms. The first-order valence-corrected chi connectivity index (χ1v) is 7.55. The van der Waals surface area contributed by atoms with Gasteiger partial charge in [0, 0.05) is 17.5 Å². The lowest BCUT2D eigenvalue weighted by molar-refractivity contribution is -0.117. The second-order valence-corrected chi connectivity index (χ2v) is 5.75. The Morgan fingerprint density at radius 2 is 2.00 bits per heavy atom. The van der Waals surface area contributed by atoms with Crippen molar-refractivity contribution in [1.29, 1.82) is 0 Å². The van der Waals surface area contributed by atoms with Gasteiger partial charge in [-0.15, -0.1) is 0 Å². The van der Waals surface area contributed by atoms with Crippen molar-refractivity contribution in [1.82, 2.24) is 5.16 Å². The summed E-state index contributed by atoms with van der Waals surface area (Å²) < 4.78 is 5.30. The largest absolute Gasteiger partial charge is 0.338 e. The third-order valence-corrected chi connectivity index (χ3v) is 4.17. The maximum absolute atomic E-state index is 12.1. The van der Waals surface area contributed by atoms with E-state index in [4.69, 9.17) is 4.52 Å². The van der Waals surface area contributed by atoms with E-state index in [2.05, 4.69) is 10.5 Å². The fourth-order valence-corrected chi connectivity index (χ4v) is 2.97. The zero-order chi connectivity index (χ0) is 14.7. The molecule has 1 saturated carbocycles. The predicted molar refractivity (Wildman–Crippen MR) is 81.9 cm³/mol. The molecule has 1 aromatic carbocycles. The molecule has 1 aliphatic rings. The monoisotopic (exact) mass is 284 g/mol. The number of carbonyl (C=O) groups is 1. The molecule has 3 rings (SSSR count). The average Bonchev–Trinajstić information content (AvgIpc) is 3.11. The third-order valence-electron chi connectivity index (χ3n) is 4.17. The van der Waals surface area contributed by atoms with Gasteiger partial charge >= 0.3 is 0 Å². The molecular formula is C17H20N2O2. The normalized spacial score (nSPS) is 15.3. The van der Waals surface area contributed by atoms with Gasteiger partial charge in [0.25, 0.3) is 0 Å². The summed E-state index contributed by atoms with van der Waals surface area (Å²) in [7, 11) is 0. The summed E-state index contributed by atoms with van der Waals surface area (Å²) in [4.78, 5) is 12.1. The molecule has 4 nitrogen and oxygen atoms in total. The minimum atomic E-state index is 0.0285. The quantitative estimate of drug-likeness (QED) is 0.916. The van der Waals surface area contributed by atoms with Crippen LogP contribution in [-0.2, 0) is 4.79 Å². The molecule has 0 atom stereocenters. The van der Waals surface area contributed by atoms with Crippen molar-refractivity contribution in [3.05, 3.63) is 35.9 Å². The number of amides is 1. The number of nitrogens with zero attached hydrogens (tertiary/aromatic N) is 1. The molecular weight excluding hydrogens is 264 g/mol. The van der Waals surface area contributed by atoms with Crippen LogP contribution >= 0.6 is 0 Å². The van der Waals surface area contributed by atoms with E-state index in [1.54, 1.807) is 0 Å². The minimum Gasteiger partial charge on any atom is -0.338 e. The summed E-state index contributed by atoms with van der Waals surface area (Å²) in [6, 6.07) is 9.84. The maximum atomic E-state index is 12.1. The van der Waals surface area contributed by atoms with Crippen LogP contribution in [0.3, 0.4) is 0 Å². The van der Waals surface area contributed by atoms with E-state index in [0.717, 1.165) is 29.7 Å². The Morgan fingerprint density at radius 1 is 1.29 bits per heavy atom. The van der Waals surface area contributed by atoms with Crippen LogP contribution in [0.1, 0.15) is 37.7 Å². The molecule has 1 fully saturated rings. The van der Waals surface area contributed by atoms with Crippen LogP contribution in [-0.4, -0.2) is 11.1 Å². The molecule has 0 unspecified atom stereocenters. The van der Waals surface area contributed by atoms with Crippen LogP contribution in [0.2, 0.25) is 0 Å². The van der Waals surface area contributed by atoms with Gasteiger partial charge < -0.3 is 4.52 Å². The van der Waals surface area contributed by atoms with Crippen molar-refractivity contribution in [3.63, 3.8) is 0 Å². The summed E-state index contributed by atoms with van der Waals surface area (Å²) in [6.45, 7) is 1.92. The lowest BCUT2D eigenvalue weighted by Gasteiger charge is -2.07. The van der Waals surface area contributed by atoms with Gasteiger partial charge in [0.1, 0.15) is 5.69 Å². The number of benzene rings is 1. The number of rotatable bonds is 4. The van der Waals surface area contributed by atoms with Crippen LogP contribution in [0.5, 0.6) is 0 Å². The van der Waals surface area contributed by atoms with Crippen LogP contribution in [0.15, 0.2) is 34.9 Å². The second-order valence-electron chi connectivity index (χ2n) is 5.75. The maximum Gasteiger partial charge on any atom is 0.234 e. The lowest BCUT2D eigenvalue weighted by Crippen LogP contribution is -2.15. The van der Waals surface area contributed by atoms with E-state index in [1.807, 2.05) is 37.3 Å². The molecule has 0 radical (unpaired) electrons. The van der Waals surface area contributed by atoms with Crippen molar-refractivity contribution in [2.75, 3.05) is 5.32 Å². The van der Waals surface area contributed by atoms with Crippen LogP contribution in [0.4, 0.5) is 5.88 Å². The van der Waals surface area contributed by atoms with E-state index in [1.165, 1.54) is 12.8 Å². The molecule has 0 bridgehead atoms. The first kappa shape index (κ1) is 13.9. The highest BCUT2D eigenvalue weighted by Gasteiger charge is 2.20. The Labute approximate surface area is 124 Å². The summed E-state index contributed by atoms with van der Waals surface area (Å²) in [5.41, 5.74) is 2.66. The van der Waals surface area contributed by atoms with Gasteiger partial charge in [0.05, 0.1) is 0 Å². The van der Waals surface area contributed by atoms with Crippen LogP contribution < -0.4 is 5.32 Å². The molecule has 0 aliphatic heterocycles. The van der Waals surface area contributed by atoms with Gasteiger partial charge in [0.2, 0.25) is 11.8 Å². The zero-order valence-corrected chi connectivity index (χ0v) is 12.3. The summed E-state index contributed by atoms with van der Waals surface area (Å²) in [6.07, 6.45) is 5.41. The Kier molecular flexibility index (Phi) is 4.04. The zero-order valence-electron chi connectivity index (χ0n) is 12.3. The van der Waals surface area contributed by atoms with Gasteiger partial charge in [-0.1, -0.05) is 48.3 Å². The first-order valence-electron chi connectivity index (χ1n) is 7.55. The highest BCUT2D eigenvalue weighted by molar-refractivity contribution is 5.91. The molecule has 0 spiro atoms. The van der Waals surface area contributed by atoms with Gasteiger partial charge in [0.15, 0.2) is 0 Å². The van der Waals surface area contributed by atoms with E-state index >= 15 is 0 Å². The number of aromatic nitrogens is 1. The fraction of sp³-hybridized carbons (Fsp3) is 0.412. The molecule has 2 aromatic rings. The van der Waals surface area contributed by atoms with E-state index in [9.17, 15) is 4.79 Å². The van der Waals surface area contributed by atoms with Gasteiger partial charge in [-0.2, -0.15) is 0 Å². The molecule has 1 aliphatic carbocycles. The third kappa shape index (κ3) is 3.15. The Morgan fingerprint density at radius 3 is 2.71 bits per heavy atom. The molecule has 21 heavy (non-hydrogen) atoms. The summed E-state index contributed by atoms with van der Waals surface area (Å²) in [5.74, 6) is 1.03. The molecule has 1 heterocycles. The number of nitrogens with one attached hydrogen (secondary N) is 1. The van der Waals surface area contributed by atoms with Crippen molar-refractivity contribution in [2.45, 2.75) is 39.0 Å².